The lowest BCUT2D eigenvalue weighted by Crippen LogP contribution is -2.45. The van der Waals surface area contributed by atoms with Crippen LogP contribution in [0.15, 0.2) is 18.2 Å². The van der Waals surface area contributed by atoms with Gasteiger partial charge >= 0.3 is 5.97 Å². The standard InChI is InChI=1S/C12H13F2NO3/c1-12(2,6-10(16)17)15-11(18)8-4-3-7(13)5-9(8)14/h3-5H,6H2,1-2H3,(H,15,18)(H,16,17). The van der Waals surface area contributed by atoms with E-state index in [-0.39, 0.29) is 12.0 Å². The number of rotatable bonds is 4. The number of hydrogen-bond acceptors (Lipinski definition) is 2. The molecular formula is C12H13F2NO3. The average Bonchev–Trinajstić information content (AvgIpc) is 2.13. The summed E-state index contributed by atoms with van der Waals surface area (Å²) in [7, 11) is 0. The van der Waals surface area contributed by atoms with Crippen LogP contribution in [0.3, 0.4) is 0 Å². The summed E-state index contributed by atoms with van der Waals surface area (Å²) in [5.74, 6) is -3.63. The van der Waals surface area contributed by atoms with Crippen LogP contribution in [0.4, 0.5) is 8.78 Å². The third kappa shape index (κ3) is 3.80. The van der Waals surface area contributed by atoms with Gasteiger partial charge in [-0.3, -0.25) is 9.59 Å². The summed E-state index contributed by atoms with van der Waals surface area (Å²) in [5.41, 5.74) is -1.35. The third-order valence-corrected chi connectivity index (χ3v) is 2.22. The summed E-state index contributed by atoms with van der Waals surface area (Å²) in [6, 6.07) is 2.57. The number of aliphatic carboxylic acids is 1. The van der Waals surface area contributed by atoms with Crippen LogP contribution in [-0.2, 0) is 4.79 Å². The Bertz CT molecular complexity index is 486. The molecule has 0 radical (unpaired) electrons. The molecule has 1 aromatic carbocycles. The first kappa shape index (κ1) is 14.1. The van der Waals surface area contributed by atoms with Crippen LogP contribution in [0.5, 0.6) is 0 Å². The molecule has 1 aromatic rings. The Morgan fingerprint density at radius 1 is 1.33 bits per heavy atom. The highest BCUT2D eigenvalue weighted by atomic mass is 19.1. The number of carbonyl (C=O) groups is 2. The molecule has 0 aliphatic heterocycles. The molecule has 0 fully saturated rings. The molecule has 1 rings (SSSR count). The summed E-state index contributed by atoms with van der Waals surface area (Å²) >= 11 is 0. The number of carboxylic acids is 1. The van der Waals surface area contributed by atoms with Gasteiger partial charge in [-0.25, -0.2) is 8.78 Å². The smallest absolute Gasteiger partial charge is 0.305 e. The van der Waals surface area contributed by atoms with Gasteiger partial charge in [0.05, 0.1) is 12.0 Å². The van der Waals surface area contributed by atoms with E-state index in [2.05, 4.69) is 5.32 Å². The maximum absolute atomic E-state index is 13.3. The summed E-state index contributed by atoms with van der Waals surface area (Å²) in [4.78, 5) is 22.3. The zero-order valence-electron chi connectivity index (χ0n) is 9.96. The molecule has 0 saturated carbocycles. The largest absolute Gasteiger partial charge is 0.481 e. The van der Waals surface area contributed by atoms with Crippen LogP contribution in [0.2, 0.25) is 0 Å². The van der Waals surface area contributed by atoms with Crippen LogP contribution in [0.1, 0.15) is 30.6 Å². The predicted molar refractivity (Wildman–Crippen MR) is 60.2 cm³/mol. The van der Waals surface area contributed by atoms with E-state index in [0.29, 0.717) is 6.07 Å². The van der Waals surface area contributed by atoms with Gasteiger partial charge in [-0.2, -0.15) is 0 Å². The lowest BCUT2D eigenvalue weighted by molar-refractivity contribution is -0.138. The number of hydrogen-bond donors (Lipinski definition) is 2. The Kier molecular flexibility index (Phi) is 4.00. The second-order valence-electron chi connectivity index (χ2n) is 4.53. The zero-order valence-corrected chi connectivity index (χ0v) is 9.96. The molecule has 0 spiro atoms. The molecule has 0 atom stereocenters. The van der Waals surface area contributed by atoms with Crippen molar-refractivity contribution in [1.82, 2.24) is 5.32 Å². The van der Waals surface area contributed by atoms with Crippen molar-refractivity contribution in [2.75, 3.05) is 0 Å². The van der Waals surface area contributed by atoms with Crippen molar-refractivity contribution in [1.29, 1.82) is 0 Å². The van der Waals surface area contributed by atoms with Gasteiger partial charge in [0, 0.05) is 11.6 Å². The van der Waals surface area contributed by atoms with E-state index in [1.54, 1.807) is 0 Å². The molecule has 0 aliphatic rings. The maximum Gasteiger partial charge on any atom is 0.305 e. The first-order chi connectivity index (χ1) is 8.21. The topological polar surface area (TPSA) is 66.4 Å². The van der Waals surface area contributed by atoms with E-state index in [0.717, 1.165) is 12.1 Å². The quantitative estimate of drug-likeness (QED) is 0.866. The van der Waals surface area contributed by atoms with Crippen molar-refractivity contribution < 1.29 is 23.5 Å². The number of benzene rings is 1. The molecule has 98 valence electrons. The van der Waals surface area contributed by atoms with E-state index in [1.807, 2.05) is 0 Å². The van der Waals surface area contributed by atoms with E-state index in [1.165, 1.54) is 13.8 Å². The van der Waals surface area contributed by atoms with E-state index < -0.39 is 29.0 Å². The fourth-order valence-electron chi connectivity index (χ4n) is 1.47. The molecule has 1 amide bonds. The summed E-state index contributed by atoms with van der Waals surface area (Å²) < 4.78 is 26.0. The van der Waals surface area contributed by atoms with Gasteiger partial charge in [0.1, 0.15) is 11.6 Å². The van der Waals surface area contributed by atoms with Crippen LogP contribution in [0, 0.1) is 11.6 Å². The Labute approximate surface area is 103 Å². The second kappa shape index (κ2) is 5.12. The minimum absolute atomic E-state index is 0.304. The number of halogens is 2. The fraction of sp³-hybridized carbons (Fsp3) is 0.333. The Hall–Kier alpha value is -1.98. The van der Waals surface area contributed by atoms with Gasteiger partial charge < -0.3 is 10.4 Å². The molecule has 2 N–H and O–H groups in total. The lowest BCUT2D eigenvalue weighted by atomic mass is 10.00. The van der Waals surface area contributed by atoms with Crippen molar-refractivity contribution in [3.05, 3.63) is 35.4 Å². The molecule has 18 heavy (non-hydrogen) atoms. The van der Waals surface area contributed by atoms with Crippen molar-refractivity contribution in [3.63, 3.8) is 0 Å². The SMILES string of the molecule is CC(C)(CC(=O)O)NC(=O)c1ccc(F)cc1F. The van der Waals surface area contributed by atoms with Crippen LogP contribution < -0.4 is 5.32 Å². The van der Waals surface area contributed by atoms with Gasteiger partial charge in [-0.1, -0.05) is 0 Å². The number of carbonyl (C=O) groups excluding carboxylic acids is 1. The summed E-state index contributed by atoms with van der Waals surface area (Å²) in [6.07, 6.45) is -0.304. The molecule has 4 nitrogen and oxygen atoms in total. The monoisotopic (exact) mass is 257 g/mol. The normalized spacial score (nSPS) is 11.1. The molecule has 0 heterocycles. The second-order valence-corrected chi connectivity index (χ2v) is 4.53. The van der Waals surface area contributed by atoms with Crippen molar-refractivity contribution in [2.24, 2.45) is 0 Å². The molecule has 0 aromatic heterocycles. The number of amides is 1. The summed E-state index contributed by atoms with van der Waals surface area (Å²) in [6.45, 7) is 3.00. The number of carboxylic acid groups (broad SMARTS) is 1. The van der Waals surface area contributed by atoms with Crippen molar-refractivity contribution in [3.8, 4) is 0 Å². The van der Waals surface area contributed by atoms with Crippen LogP contribution in [0.25, 0.3) is 0 Å². The minimum Gasteiger partial charge on any atom is -0.481 e. The first-order valence-electron chi connectivity index (χ1n) is 5.20. The molecular weight excluding hydrogens is 244 g/mol. The van der Waals surface area contributed by atoms with Gasteiger partial charge in [0.25, 0.3) is 5.91 Å². The zero-order chi connectivity index (χ0) is 13.9. The first-order valence-corrected chi connectivity index (χ1v) is 5.20. The predicted octanol–water partition coefficient (Wildman–Crippen LogP) is 1.95. The highest BCUT2D eigenvalue weighted by Crippen LogP contribution is 2.13. The van der Waals surface area contributed by atoms with Crippen molar-refractivity contribution in [2.45, 2.75) is 25.8 Å². The van der Waals surface area contributed by atoms with Crippen LogP contribution in [-0.4, -0.2) is 22.5 Å². The van der Waals surface area contributed by atoms with Gasteiger partial charge in [0.2, 0.25) is 0 Å². The van der Waals surface area contributed by atoms with E-state index in [9.17, 15) is 18.4 Å². The van der Waals surface area contributed by atoms with Crippen molar-refractivity contribution >= 4 is 11.9 Å². The third-order valence-electron chi connectivity index (χ3n) is 2.22. The molecule has 6 heteroatoms. The van der Waals surface area contributed by atoms with E-state index >= 15 is 0 Å². The average molecular weight is 257 g/mol. The van der Waals surface area contributed by atoms with Crippen LogP contribution >= 0.6 is 0 Å². The van der Waals surface area contributed by atoms with Gasteiger partial charge in [-0.15, -0.1) is 0 Å². The summed E-state index contributed by atoms with van der Waals surface area (Å²) in [5, 5.41) is 11.0. The van der Waals surface area contributed by atoms with Gasteiger partial charge in [-0.05, 0) is 26.0 Å². The number of nitrogens with one attached hydrogen (secondary N) is 1. The molecule has 0 bridgehead atoms. The Balaban J connectivity index is 2.85. The Morgan fingerprint density at radius 3 is 2.44 bits per heavy atom. The molecule has 0 unspecified atom stereocenters. The van der Waals surface area contributed by atoms with Gasteiger partial charge in [0.15, 0.2) is 0 Å². The lowest BCUT2D eigenvalue weighted by Gasteiger charge is -2.24. The molecule has 0 aliphatic carbocycles. The highest BCUT2D eigenvalue weighted by molar-refractivity contribution is 5.95. The Morgan fingerprint density at radius 2 is 1.94 bits per heavy atom. The maximum atomic E-state index is 13.3. The highest BCUT2D eigenvalue weighted by Gasteiger charge is 2.25. The minimum atomic E-state index is -1.08. The van der Waals surface area contributed by atoms with E-state index in [4.69, 9.17) is 5.11 Å². The molecule has 0 saturated heterocycles. The fourth-order valence-corrected chi connectivity index (χ4v) is 1.47.